The van der Waals surface area contributed by atoms with Crippen LogP contribution in [0.3, 0.4) is 0 Å². The SMILES string of the molecule is C[C@@H](O)c1nc2cnc3[nH]ccc3c2n1[C@H]1CC[C@@H](C#N)C1. The Morgan fingerprint density at radius 1 is 1.50 bits per heavy atom. The molecule has 3 atom stereocenters. The molecule has 0 radical (unpaired) electrons. The predicted molar refractivity (Wildman–Crippen MR) is 82.0 cm³/mol. The van der Waals surface area contributed by atoms with Crippen LogP contribution in [0.15, 0.2) is 18.5 Å². The maximum absolute atomic E-state index is 10.1. The van der Waals surface area contributed by atoms with Gasteiger partial charge in [-0.2, -0.15) is 5.26 Å². The molecule has 3 aromatic heterocycles. The number of aromatic amines is 1. The molecule has 1 fully saturated rings. The van der Waals surface area contributed by atoms with E-state index >= 15 is 0 Å². The fourth-order valence-corrected chi connectivity index (χ4v) is 3.58. The van der Waals surface area contributed by atoms with Crippen LogP contribution in [0.2, 0.25) is 0 Å². The quantitative estimate of drug-likeness (QED) is 0.760. The Bertz CT molecular complexity index is 885. The van der Waals surface area contributed by atoms with Crippen molar-refractivity contribution in [1.29, 1.82) is 5.26 Å². The summed E-state index contributed by atoms with van der Waals surface area (Å²) >= 11 is 0. The first-order valence-electron chi connectivity index (χ1n) is 7.60. The Kier molecular flexibility index (Phi) is 2.91. The van der Waals surface area contributed by atoms with Gasteiger partial charge in [-0.05, 0) is 32.3 Å². The summed E-state index contributed by atoms with van der Waals surface area (Å²) in [7, 11) is 0. The molecule has 6 nitrogen and oxygen atoms in total. The van der Waals surface area contributed by atoms with Crippen molar-refractivity contribution < 1.29 is 5.11 Å². The molecule has 22 heavy (non-hydrogen) atoms. The summed E-state index contributed by atoms with van der Waals surface area (Å²) in [6.45, 7) is 1.73. The fourth-order valence-electron chi connectivity index (χ4n) is 3.58. The highest BCUT2D eigenvalue weighted by atomic mass is 16.3. The number of imidazole rings is 1. The minimum absolute atomic E-state index is 0.0906. The molecule has 0 aliphatic heterocycles. The molecule has 1 aliphatic carbocycles. The molecule has 112 valence electrons. The molecule has 0 spiro atoms. The highest BCUT2D eigenvalue weighted by Gasteiger charge is 2.30. The molecule has 3 heterocycles. The molecule has 2 N–H and O–H groups in total. The number of pyridine rings is 1. The van der Waals surface area contributed by atoms with E-state index in [-0.39, 0.29) is 12.0 Å². The smallest absolute Gasteiger partial charge is 0.139 e. The molecule has 0 amide bonds. The standard InChI is InChI=1S/C16H17N5O/c1-9(22)16-20-13-8-19-15-12(4-5-18-15)14(13)21(16)11-3-2-10(6-11)7-17/h4-5,8-11,22H,2-3,6H2,1H3,(H,18,19)/t9-,10-,11+/m1/s1. The minimum Gasteiger partial charge on any atom is -0.385 e. The Balaban J connectivity index is 1.99. The first-order chi connectivity index (χ1) is 10.7. The van der Waals surface area contributed by atoms with Crippen LogP contribution >= 0.6 is 0 Å². The fraction of sp³-hybridized carbons (Fsp3) is 0.438. The minimum atomic E-state index is -0.650. The molecule has 0 unspecified atom stereocenters. The number of nitrogens with one attached hydrogen (secondary N) is 1. The van der Waals surface area contributed by atoms with Crippen LogP contribution in [0.5, 0.6) is 0 Å². The van der Waals surface area contributed by atoms with E-state index in [4.69, 9.17) is 0 Å². The molecule has 0 bridgehead atoms. The zero-order chi connectivity index (χ0) is 15.3. The summed E-state index contributed by atoms with van der Waals surface area (Å²) in [6, 6.07) is 4.57. The second-order valence-electron chi connectivity index (χ2n) is 6.04. The van der Waals surface area contributed by atoms with E-state index in [0.29, 0.717) is 5.82 Å². The molecule has 6 heteroatoms. The number of rotatable bonds is 2. The lowest BCUT2D eigenvalue weighted by molar-refractivity contribution is 0.181. The third-order valence-electron chi connectivity index (χ3n) is 4.59. The largest absolute Gasteiger partial charge is 0.385 e. The van der Waals surface area contributed by atoms with Gasteiger partial charge in [-0.25, -0.2) is 9.97 Å². The van der Waals surface area contributed by atoms with Crippen molar-refractivity contribution in [2.24, 2.45) is 5.92 Å². The van der Waals surface area contributed by atoms with Crippen LogP contribution in [0.25, 0.3) is 22.1 Å². The number of aliphatic hydroxyl groups excluding tert-OH is 1. The summed E-state index contributed by atoms with van der Waals surface area (Å²) in [5.74, 6) is 0.752. The lowest BCUT2D eigenvalue weighted by atomic mass is 10.1. The van der Waals surface area contributed by atoms with Gasteiger partial charge in [-0.3, -0.25) is 0 Å². The number of nitrogens with zero attached hydrogens (tertiary/aromatic N) is 4. The molecule has 1 aliphatic rings. The van der Waals surface area contributed by atoms with Crippen molar-refractivity contribution in [3.8, 4) is 6.07 Å². The van der Waals surface area contributed by atoms with Crippen LogP contribution in [0, 0.1) is 17.2 Å². The summed E-state index contributed by atoms with van der Waals surface area (Å²) < 4.78 is 2.13. The van der Waals surface area contributed by atoms with E-state index in [9.17, 15) is 10.4 Å². The molecular formula is C16H17N5O. The van der Waals surface area contributed by atoms with Crippen molar-refractivity contribution in [2.75, 3.05) is 0 Å². The maximum atomic E-state index is 10.1. The second-order valence-corrected chi connectivity index (χ2v) is 6.04. The monoisotopic (exact) mass is 295 g/mol. The highest BCUT2D eigenvalue weighted by Crippen LogP contribution is 2.39. The number of aliphatic hydroxyl groups is 1. The van der Waals surface area contributed by atoms with E-state index in [1.807, 2.05) is 12.3 Å². The lowest BCUT2D eigenvalue weighted by Crippen LogP contribution is -2.12. The van der Waals surface area contributed by atoms with Gasteiger partial charge in [0, 0.05) is 23.5 Å². The summed E-state index contributed by atoms with van der Waals surface area (Å²) in [4.78, 5) is 12.1. The Hall–Kier alpha value is -2.39. The summed E-state index contributed by atoms with van der Waals surface area (Å²) in [6.07, 6.45) is 5.62. The van der Waals surface area contributed by atoms with E-state index < -0.39 is 6.10 Å². The normalized spacial score (nSPS) is 23.1. The predicted octanol–water partition coefficient (Wildman–Crippen LogP) is 2.83. The summed E-state index contributed by atoms with van der Waals surface area (Å²) in [5.41, 5.74) is 2.62. The van der Waals surface area contributed by atoms with Crippen molar-refractivity contribution in [3.63, 3.8) is 0 Å². The van der Waals surface area contributed by atoms with Gasteiger partial charge in [0.2, 0.25) is 0 Å². The van der Waals surface area contributed by atoms with Crippen LogP contribution in [0.1, 0.15) is 44.2 Å². The number of aromatic nitrogens is 4. The van der Waals surface area contributed by atoms with E-state index in [1.54, 1.807) is 13.1 Å². The summed E-state index contributed by atoms with van der Waals surface area (Å²) in [5, 5.41) is 20.3. The first kappa shape index (κ1) is 13.3. The van der Waals surface area contributed by atoms with Crippen LogP contribution in [0.4, 0.5) is 0 Å². The van der Waals surface area contributed by atoms with Crippen molar-refractivity contribution in [2.45, 2.75) is 38.3 Å². The molecule has 3 aromatic rings. The highest BCUT2D eigenvalue weighted by molar-refractivity contribution is 6.01. The van der Waals surface area contributed by atoms with Gasteiger partial charge in [0.25, 0.3) is 0 Å². The molecule has 0 aromatic carbocycles. The topological polar surface area (TPSA) is 90.5 Å². The van der Waals surface area contributed by atoms with Crippen LogP contribution in [-0.4, -0.2) is 24.6 Å². The number of fused-ring (bicyclic) bond motifs is 3. The van der Waals surface area contributed by atoms with Crippen LogP contribution < -0.4 is 0 Å². The van der Waals surface area contributed by atoms with Gasteiger partial charge >= 0.3 is 0 Å². The van der Waals surface area contributed by atoms with Gasteiger partial charge in [-0.1, -0.05) is 0 Å². The number of H-pyrrole nitrogens is 1. The molecular weight excluding hydrogens is 278 g/mol. The van der Waals surface area contributed by atoms with E-state index in [0.717, 1.165) is 41.3 Å². The third-order valence-corrected chi connectivity index (χ3v) is 4.59. The average molecular weight is 295 g/mol. The average Bonchev–Trinajstić information content (AvgIpc) is 3.22. The second kappa shape index (κ2) is 4.82. The van der Waals surface area contributed by atoms with Gasteiger partial charge < -0.3 is 14.7 Å². The van der Waals surface area contributed by atoms with E-state index in [2.05, 4.69) is 25.6 Å². The van der Waals surface area contributed by atoms with Gasteiger partial charge in [0.1, 0.15) is 23.1 Å². The zero-order valence-corrected chi connectivity index (χ0v) is 12.3. The van der Waals surface area contributed by atoms with Crippen molar-refractivity contribution in [1.82, 2.24) is 19.5 Å². The molecule has 4 rings (SSSR count). The van der Waals surface area contributed by atoms with Crippen LogP contribution in [-0.2, 0) is 0 Å². The molecule has 1 saturated carbocycles. The Labute approximate surface area is 127 Å². The van der Waals surface area contributed by atoms with Crippen molar-refractivity contribution in [3.05, 3.63) is 24.3 Å². The lowest BCUT2D eigenvalue weighted by Gasteiger charge is -2.18. The first-order valence-corrected chi connectivity index (χ1v) is 7.60. The number of hydrogen-bond acceptors (Lipinski definition) is 4. The number of hydrogen-bond donors (Lipinski definition) is 2. The van der Waals surface area contributed by atoms with E-state index in [1.165, 1.54) is 0 Å². The Morgan fingerprint density at radius 3 is 3.09 bits per heavy atom. The molecule has 0 saturated heterocycles. The number of nitriles is 1. The third kappa shape index (κ3) is 1.82. The van der Waals surface area contributed by atoms with Gasteiger partial charge in [0.05, 0.1) is 17.8 Å². The Morgan fingerprint density at radius 2 is 2.36 bits per heavy atom. The van der Waals surface area contributed by atoms with Gasteiger partial charge in [0.15, 0.2) is 0 Å². The maximum Gasteiger partial charge on any atom is 0.139 e. The van der Waals surface area contributed by atoms with Gasteiger partial charge in [-0.15, -0.1) is 0 Å². The van der Waals surface area contributed by atoms with Crippen molar-refractivity contribution >= 4 is 22.1 Å². The zero-order valence-electron chi connectivity index (χ0n) is 12.3.